The highest BCUT2D eigenvalue weighted by molar-refractivity contribution is 5.77. The van der Waals surface area contributed by atoms with Crippen LogP contribution in [0.2, 0.25) is 0 Å². The summed E-state index contributed by atoms with van der Waals surface area (Å²) in [5.74, 6) is 0.172. The average Bonchev–Trinajstić information content (AvgIpc) is 1.94. The van der Waals surface area contributed by atoms with E-state index in [1.54, 1.807) is 4.90 Å². The molecule has 1 fully saturated rings. The molecule has 0 aromatic rings. The van der Waals surface area contributed by atoms with Crippen molar-refractivity contribution >= 4 is 5.91 Å². The largest absolute Gasteiger partial charge is 0.391 e. The van der Waals surface area contributed by atoms with E-state index in [-0.39, 0.29) is 18.1 Å². The minimum absolute atomic E-state index is 0.172. The molecule has 11 heavy (non-hydrogen) atoms. The van der Waals surface area contributed by atoms with Crippen LogP contribution in [0.4, 0.5) is 0 Å². The predicted molar refractivity (Wildman–Crippen MR) is 42.1 cm³/mol. The number of hydrogen-bond donors (Lipinski definition) is 1. The van der Waals surface area contributed by atoms with E-state index in [2.05, 4.69) is 0 Å². The van der Waals surface area contributed by atoms with E-state index in [9.17, 15) is 9.90 Å². The number of amides is 1. The van der Waals surface area contributed by atoms with Crippen molar-refractivity contribution in [3.8, 4) is 0 Å². The van der Waals surface area contributed by atoms with E-state index >= 15 is 0 Å². The van der Waals surface area contributed by atoms with Gasteiger partial charge < -0.3 is 10.0 Å². The SMILES string of the molecule is CC(C)N1C[C@@H](O)CCC1=O. The van der Waals surface area contributed by atoms with Gasteiger partial charge in [0, 0.05) is 19.0 Å². The summed E-state index contributed by atoms with van der Waals surface area (Å²) in [7, 11) is 0. The number of rotatable bonds is 1. The summed E-state index contributed by atoms with van der Waals surface area (Å²) < 4.78 is 0. The topological polar surface area (TPSA) is 40.5 Å². The van der Waals surface area contributed by atoms with E-state index in [1.807, 2.05) is 13.8 Å². The minimum atomic E-state index is -0.310. The number of aliphatic hydroxyl groups is 1. The lowest BCUT2D eigenvalue weighted by Gasteiger charge is -2.33. The van der Waals surface area contributed by atoms with Crippen LogP contribution in [0, 0.1) is 0 Å². The smallest absolute Gasteiger partial charge is 0.222 e. The highest BCUT2D eigenvalue weighted by atomic mass is 16.3. The molecule has 0 aliphatic carbocycles. The molecular formula is C8H15NO2. The van der Waals surface area contributed by atoms with E-state index < -0.39 is 0 Å². The summed E-state index contributed by atoms with van der Waals surface area (Å²) in [5, 5.41) is 9.25. The van der Waals surface area contributed by atoms with Crippen LogP contribution >= 0.6 is 0 Å². The van der Waals surface area contributed by atoms with Gasteiger partial charge in [-0.3, -0.25) is 4.79 Å². The highest BCUT2D eigenvalue weighted by Gasteiger charge is 2.25. The number of carbonyl (C=O) groups excluding carboxylic acids is 1. The van der Waals surface area contributed by atoms with E-state index in [0.717, 1.165) is 0 Å². The Morgan fingerprint density at radius 1 is 1.64 bits per heavy atom. The van der Waals surface area contributed by atoms with Crippen LogP contribution < -0.4 is 0 Å². The van der Waals surface area contributed by atoms with Gasteiger partial charge in [-0.05, 0) is 20.3 Å². The van der Waals surface area contributed by atoms with Crippen LogP contribution in [0.1, 0.15) is 26.7 Å². The Bertz CT molecular complexity index is 156. The van der Waals surface area contributed by atoms with Crippen molar-refractivity contribution < 1.29 is 9.90 Å². The molecule has 0 bridgehead atoms. The number of piperidine rings is 1. The second-order valence-electron chi connectivity index (χ2n) is 3.33. The maximum absolute atomic E-state index is 11.2. The zero-order valence-corrected chi connectivity index (χ0v) is 7.08. The van der Waals surface area contributed by atoms with Gasteiger partial charge in [0.15, 0.2) is 0 Å². The zero-order valence-electron chi connectivity index (χ0n) is 7.08. The third kappa shape index (κ3) is 1.93. The number of carbonyl (C=O) groups is 1. The van der Waals surface area contributed by atoms with Crippen molar-refractivity contribution in [2.24, 2.45) is 0 Å². The second kappa shape index (κ2) is 3.22. The molecule has 3 nitrogen and oxygen atoms in total. The van der Waals surface area contributed by atoms with Crippen molar-refractivity contribution in [2.75, 3.05) is 6.54 Å². The third-order valence-electron chi connectivity index (χ3n) is 2.04. The standard InChI is InChI=1S/C8H15NO2/c1-6(2)9-5-7(10)3-4-8(9)11/h6-7,10H,3-5H2,1-2H3/t7-/m0/s1. The summed E-state index contributed by atoms with van der Waals surface area (Å²) in [5.41, 5.74) is 0. The molecular weight excluding hydrogens is 142 g/mol. The monoisotopic (exact) mass is 157 g/mol. The fraction of sp³-hybridized carbons (Fsp3) is 0.875. The first-order valence-corrected chi connectivity index (χ1v) is 4.09. The fourth-order valence-electron chi connectivity index (χ4n) is 1.35. The van der Waals surface area contributed by atoms with Gasteiger partial charge >= 0.3 is 0 Å². The Morgan fingerprint density at radius 2 is 2.27 bits per heavy atom. The molecule has 1 N–H and O–H groups in total. The first-order valence-electron chi connectivity index (χ1n) is 4.09. The number of nitrogens with zero attached hydrogens (tertiary/aromatic N) is 1. The molecule has 1 aliphatic rings. The van der Waals surface area contributed by atoms with Gasteiger partial charge in [-0.1, -0.05) is 0 Å². The molecule has 1 heterocycles. The average molecular weight is 157 g/mol. The van der Waals surface area contributed by atoms with Gasteiger partial charge in [-0.2, -0.15) is 0 Å². The molecule has 0 unspecified atom stereocenters. The van der Waals surface area contributed by atoms with Crippen molar-refractivity contribution in [2.45, 2.75) is 38.8 Å². The molecule has 0 radical (unpaired) electrons. The predicted octanol–water partition coefficient (Wildman–Crippen LogP) is 0.378. The lowest BCUT2D eigenvalue weighted by Crippen LogP contribution is -2.46. The highest BCUT2D eigenvalue weighted by Crippen LogP contribution is 2.13. The summed E-state index contributed by atoms with van der Waals surface area (Å²) in [6.07, 6.45) is 0.816. The maximum atomic E-state index is 11.2. The molecule has 1 saturated heterocycles. The number of aliphatic hydroxyl groups excluding tert-OH is 1. The summed E-state index contributed by atoms with van der Waals surface area (Å²) in [6, 6.07) is 0.220. The Hall–Kier alpha value is -0.570. The van der Waals surface area contributed by atoms with Crippen LogP contribution in [0.3, 0.4) is 0 Å². The first-order chi connectivity index (χ1) is 5.11. The van der Waals surface area contributed by atoms with Crippen LogP contribution in [0.25, 0.3) is 0 Å². The molecule has 0 aromatic carbocycles. The maximum Gasteiger partial charge on any atom is 0.222 e. The minimum Gasteiger partial charge on any atom is -0.391 e. The summed E-state index contributed by atoms with van der Waals surface area (Å²) in [6.45, 7) is 4.45. The Labute approximate surface area is 67.0 Å². The molecule has 1 amide bonds. The van der Waals surface area contributed by atoms with Crippen LogP contribution in [-0.2, 0) is 4.79 Å². The molecule has 1 rings (SSSR count). The molecule has 64 valence electrons. The molecule has 1 aliphatic heterocycles. The van der Waals surface area contributed by atoms with Gasteiger partial charge in [-0.15, -0.1) is 0 Å². The summed E-state index contributed by atoms with van der Waals surface area (Å²) >= 11 is 0. The molecule has 1 atom stereocenters. The van der Waals surface area contributed by atoms with Crippen molar-refractivity contribution in [1.29, 1.82) is 0 Å². The Morgan fingerprint density at radius 3 is 2.73 bits per heavy atom. The van der Waals surface area contributed by atoms with Gasteiger partial charge in [0.05, 0.1) is 6.10 Å². The van der Waals surface area contributed by atoms with Gasteiger partial charge in [0.25, 0.3) is 0 Å². The lowest BCUT2D eigenvalue weighted by molar-refractivity contribution is -0.138. The lowest BCUT2D eigenvalue weighted by atomic mass is 10.1. The number of hydrogen-bond acceptors (Lipinski definition) is 2. The molecule has 0 aromatic heterocycles. The fourth-order valence-corrected chi connectivity index (χ4v) is 1.35. The normalized spacial score (nSPS) is 26.4. The van der Waals surface area contributed by atoms with Gasteiger partial charge in [0.1, 0.15) is 0 Å². The van der Waals surface area contributed by atoms with Gasteiger partial charge in [-0.25, -0.2) is 0 Å². The van der Waals surface area contributed by atoms with Crippen molar-refractivity contribution in [1.82, 2.24) is 4.90 Å². The Balaban J connectivity index is 2.54. The molecule has 0 spiro atoms. The number of β-amino-alcohol motifs (C(OH)–C–C–N with tert-alkyl or cyclic N) is 1. The van der Waals surface area contributed by atoms with Crippen LogP contribution in [-0.4, -0.2) is 34.6 Å². The van der Waals surface area contributed by atoms with E-state index in [0.29, 0.717) is 19.4 Å². The molecule has 3 heteroatoms. The quantitative estimate of drug-likeness (QED) is 0.597. The second-order valence-corrected chi connectivity index (χ2v) is 3.33. The Kier molecular flexibility index (Phi) is 2.49. The van der Waals surface area contributed by atoms with Crippen LogP contribution in [0.5, 0.6) is 0 Å². The van der Waals surface area contributed by atoms with E-state index in [1.165, 1.54) is 0 Å². The summed E-state index contributed by atoms with van der Waals surface area (Å²) in [4.78, 5) is 12.9. The molecule has 0 saturated carbocycles. The zero-order chi connectivity index (χ0) is 8.43. The van der Waals surface area contributed by atoms with Crippen LogP contribution in [0.15, 0.2) is 0 Å². The van der Waals surface area contributed by atoms with Crippen molar-refractivity contribution in [3.05, 3.63) is 0 Å². The van der Waals surface area contributed by atoms with Crippen molar-refractivity contribution in [3.63, 3.8) is 0 Å². The van der Waals surface area contributed by atoms with Gasteiger partial charge in [0.2, 0.25) is 5.91 Å². The first kappa shape index (κ1) is 8.53. The van der Waals surface area contributed by atoms with E-state index in [4.69, 9.17) is 0 Å². The number of likely N-dealkylation sites (tertiary alicyclic amines) is 1. The third-order valence-corrected chi connectivity index (χ3v) is 2.04.